The number of hydrogen-bond donors (Lipinski definition) is 7. The van der Waals surface area contributed by atoms with Crippen LogP contribution in [0.25, 0.3) is 0 Å². The van der Waals surface area contributed by atoms with Crippen molar-refractivity contribution in [3.63, 3.8) is 0 Å². The molecule has 14 nitrogen and oxygen atoms in total. The highest BCUT2D eigenvalue weighted by molar-refractivity contribution is 6.31. The summed E-state index contributed by atoms with van der Waals surface area (Å²) in [5.74, 6) is 1.65. The summed E-state index contributed by atoms with van der Waals surface area (Å²) in [6.45, 7) is 29.1. The number of benzene rings is 1. The number of fused-ring (bicyclic) bond motifs is 2. The minimum Gasteiger partial charge on any atom is -0.392 e. The highest BCUT2D eigenvalue weighted by atomic mass is 35.5. The average Bonchev–Trinajstić information content (AvgIpc) is 2.25. The molecule has 0 bridgehead atoms. The Balaban J connectivity index is 1.18. The van der Waals surface area contributed by atoms with Crippen LogP contribution in [0.5, 0.6) is 0 Å². The van der Waals surface area contributed by atoms with Crippen LogP contribution >= 0.6 is 11.6 Å². The first-order chi connectivity index (χ1) is 41.9. The summed E-state index contributed by atoms with van der Waals surface area (Å²) in [5, 5.41) is 34.8. The van der Waals surface area contributed by atoms with Crippen LogP contribution in [0.15, 0.2) is 71.7 Å². The summed E-state index contributed by atoms with van der Waals surface area (Å²) in [4.78, 5) is 31.6. The predicted octanol–water partition coefficient (Wildman–Crippen LogP) is 11.6. The normalized spacial score (nSPS) is 30.3. The summed E-state index contributed by atoms with van der Waals surface area (Å²) < 4.78 is 41.0. The second kappa shape index (κ2) is 34.3. The number of alkyl halides is 3. The van der Waals surface area contributed by atoms with Crippen molar-refractivity contribution in [3.8, 4) is 0 Å². The molecule has 498 valence electrons. The molecule has 1 amide bonds. The van der Waals surface area contributed by atoms with E-state index in [2.05, 4.69) is 145 Å². The zero-order valence-corrected chi connectivity index (χ0v) is 57.0. The Labute approximate surface area is 535 Å². The van der Waals surface area contributed by atoms with Crippen LogP contribution in [0.1, 0.15) is 190 Å². The second-order valence-electron chi connectivity index (χ2n) is 28.4. The van der Waals surface area contributed by atoms with Gasteiger partial charge in [-0.2, -0.15) is 13.2 Å². The van der Waals surface area contributed by atoms with Crippen molar-refractivity contribution < 1.29 is 23.1 Å². The Morgan fingerprint density at radius 3 is 2.22 bits per heavy atom. The first-order valence-electron chi connectivity index (χ1n) is 34.5. The van der Waals surface area contributed by atoms with Gasteiger partial charge in [-0.25, -0.2) is 0 Å². The molecule has 1 spiro atoms. The molecular formula is C70H118ClF3N12O2. The number of rotatable bonds is 10. The molecule has 2 saturated carbocycles. The first kappa shape index (κ1) is 71.8. The number of carbonyl (C=O) groups is 1. The fraction of sp³-hybridized carbons (Fsp3) is 0.771. The summed E-state index contributed by atoms with van der Waals surface area (Å²) in [6, 6.07) is 4.88. The van der Waals surface area contributed by atoms with Gasteiger partial charge in [0, 0.05) is 168 Å². The van der Waals surface area contributed by atoms with E-state index in [9.17, 15) is 23.1 Å². The number of aliphatic hydroxyl groups excluding tert-OH is 1. The molecule has 11 atom stereocenters. The molecule has 2 aliphatic carbocycles. The number of allylic oxidation sites excluding steroid dienone is 3. The van der Waals surface area contributed by atoms with Gasteiger partial charge in [0.15, 0.2) is 0 Å². The van der Waals surface area contributed by atoms with Gasteiger partial charge in [0.1, 0.15) is 0 Å². The van der Waals surface area contributed by atoms with E-state index in [0.717, 1.165) is 102 Å². The number of amides is 1. The molecule has 6 aliphatic rings. The number of piperidine rings is 1. The van der Waals surface area contributed by atoms with Gasteiger partial charge in [-0.05, 0) is 160 Å². The molecule has 0 aromatic heterocycles. The molecule has 4 heterocycles. The zero-order chi connectivity index (χ0) is 63.7. The number of nitrogens with zero attached hydrogens (tertiary/aromatic N) is 6. The Morgan fingerprint density at radius 1 is 0.830 bits per heavy atom. The van der Waals surface area contributed by atoms with Gasteiger partial charge in [-0.1, -0.05) is 90.3 Å². The van der Waals surface area contributed by atoms with E-state index in [1.54, 1.807) is 0 Å². The Kier molecular flexibility index (Phi) is 28.0. The van der Waals surface area contributed by atoms with Gasteiger partial charge >= 0.3 is 6.18 Å². The fourth-order valence-electron chi connectivity index (χ4n) is 15.6. The van der Waals surface area contributed by atoms with E-state index in [4.69, 9.17) is 16.6 Å². The minimum atomic E-state index is -4.52. The van der Waals surface area contributed by atoms with Crippen LogP contribution in [0, 0.1) is 23.7 Å². The lowest BCUT2D eigenvalue weighted by Crippen LogP contribution is -2.76. The first-order valence-corrected chi connectivity index (χ1v) is 34.9. The van der Waals surface area contributed by atoms with Gasteiger partial charge in [-0.3, -0.25) is 14.7 Å². The fourth-order valence-corrected chi connectivity index (χ4v) is 15.9. The van der Waals surface area contributed by atoms with Crippen molar-refractivity contribution in [1.82, 2.24) is 56.4 Å². The summed E-state index contributed by atoms with van der Waals surface area (Å²) >= 11 is 6.19. The molecule has 5 fully saturated rings. The van der Waals surface area contributed by atoms with Crippen molar-refractivity contribution in [2.75, 3.05) is 66.5 Å². The van der Waals surface area contributed by atoms with E-state index >= 15 is 0 Å². The number of likely N-dealkylation sites (tertiary alicyclic amines) is 1. The molecule has 4 aliphatic heterocycles. The molecule has 88 heavy (non-hydrogen) atoms. The van der Waals surface area contributed by atoms with Gasteiger partial charge < -0.3 is 56.6 Å². The molecule has 0 radical (unpaired) electrons. The van der Waals surface area contributed by atoms with Crippen LogP contribution in [-0.2, 0) is 17.4 Å². The van der Waals surface area contributed by atoms with Crippen molar-refractivity contribution >= 4 is 23.2 Å². The molecule has 7 N–H and O–H groups in total. The monoisotopic (exact) mass is 1250 g/mol. The van der Waals surface area contributed by atoms with E-state index in [1.165, 1.54) is 74.9 Å². The van der Waals surface area contributed by atoms with Crippen LogP contribution in [0.3, 0.4) is 0 Å². The molecule has 5 unspecified atom stereocenters. The maximum absolute atomic E-state index is 14.8. The molecule has 1 aromatic carbocycles. The number of aliphatic imine (C=N–C) groups is 1. The van der Waals surface area contributed by atoms with Crippen LogP contribution in [-0.4, -0.2) is 174 Å². The quantitative estimate of drug-likeness (QED) is 0.120. The number of aliphatic hydroxyl groups is 1. The number of halogens is 4. The van der Waals surface area contributed by atoms with Crippen LogP contribution in [0.4, 0.5) is 13.2 Å². The lowest BCUT2D eigenvalue weighted by Gasteiger charge is -2.60. The number of aryl methyl sites for hydroxylation is 1. The van der Waals surface area contributed by atoms with Gasteiger partial charge in [-0.15, -0.1) is 0 Å². The predicted molar refractivity (Wildman–Crippen MR) is 358 cm³/mol. The summed E-state index contributed by atoms with van der Waals surface area (Å²) in [6.07, 6.45) is 26.4. The molecule has 7 rings (SSSR count). The number of carbonyl (C=O) groups excluding carboxylic acids is 1. The van der Waals surface area contributed by atoms with Gasteiger partial charge in [0.25, 0.3) is 0 Å². The molecule has 3 saturated heterocycles. The Hall–Kier alpha value is -3.68. The third-order valence-corrected chi connectivity index (χ3v) is 21.0. The highest BCUT2D eigenvalue weighted by Gasteiger charge is 2.55. The number of nitrogens with one attached hydrogen (secondary N) is 6. The van der Waals surface area contributed by atoms with Crippen molar-refractivity contribution in [2.24, 2.45) is 28.7 Å². The molecule has 18 heteroatoms. The maximum Gasteiger partial charge on any atom is 0.417 e. The third-order valence-electron chi connectivity index (χ3n) is 20.7. The van der Waals surface area contributed by atoms with Crippen molar-refractivity contribution in [2.45, 2.75) is 257 Å². The highest BCUT2D eigenvalue weighted by Crippen LogP contribution is 2.41. The summed E-state index contributed by atoms with van der Waals surface area (Å²) in [7, 11) is 4.24. The standard InChI is InChI=1S/C70H118ClF3N12O2/c1-48(2)40-63-51(6)78-44-65-66(68(88)84-36-19-14-20-37-84)54(9)86(65)67(49(3)4)52(7)81-69(30-17-18-31-69)47-76-34-33-75-32-29-58(27-25-57-26-28-61(62(71)42-57)70(72,73)74)77-35-39-82(11)45-60(41-56-22-15-13-16-23-56)83(12)46-59-24-21-38-85(59)53(8)50(5)80-64(43-79-63)55(10)87/h26,28-29,32,35,39,42,45-46,48-56,63-67,75-76,78-81,87H,13-25,27,30-31,33-34,36-38,40-41,43-44,47H2,1-12H3/t50?,51?,52?,53-,54?,55+,63-,64-,65?,66-,67-/m0/s1. The third kappa shape index (κ3) is 20.4. The minimum absolute atomic E-state index is 0.0482. The second-order valence-corrected chi connectivity index (χ2v) is 28.8. The van der Waals surface area contributed by atoms with E-state index in [-0.39, 0.29) is 70.9 Å². The maximum atomic E-state index is 14.8. The lowest BCUT2D eigenvalue weighted by atomic mass is 9.74. The molecule has 1 aromatic rings. The van der Waals surface area contributed by atoms with E-state index < -0.39 is 17.8 Å². The summed E-state index contributed by atoms with van der Waals surface area (Å²) in [5.41, 5.74) is 3.17. The Morgan fingerprint density at radius 2 is 1.55 bits per heavy atom. The average molecular weight is 1250 g/mol. The van der Waals surface area contributed by atoms with Gasteiger partial charge in [0.05, 0.1) is 22.6 Å². The SMILES string of the molecule is CC(C)C[C@@H]1NC[C@@H]([C@@H](C)O)NC(C)[C@H](C)N2CCCC2=CN(C)C(CC2CCCCC2)=CN(C)C=CN=C(CCc2ccc(C(F)(F)F)c(Cl)c2)C=CNCCNCC2(CCCC2)NC(C)[C@H](C(C)C)N2C(C)[C@H](C(=O)N3CCCCC3)C2CNC1C. The zero-order valence-electron chi connectivity index (χ0n) is 56.2. The largest absolute Gasteiger partial charge is 0.417 e. The molecular weight excluding hydrogens is 1130 g/mol. The van der Waals surface area contributed by atoms with Crippen molar-refractivity contribution in [1.29, 1.82) is 0 Å². The number of hydrogen-bond acceptors (Lipinski definition) is 13. The van der Waals surface area contributed by atoms with Crippen molar-refractivity contribution in [3.05, 3.63) is 82.8 Å². The van der Waals surface area contributed by atoms with Gasteiger partial charge in [0.2, 0.25) is 5.91 Å². The lowest BCUT2D eigenvalue weighted by molar-refractivity contribution is -0.162. The Bertz CT molecular complexity index is 2450. The topological polar surface area (TPSA) is 138 Å². The van der Waals surface area contributed by atoms with Crippen LogP contribution in [0.2, 0.25) is 5.02 Å². The van der Waals surface area contributed by atoms with E-state index in [0.29, 0.717) is 55.2 Å². The smallest absolute Gasteiger partial charge is 0.392 e. The van der Waals surface area contributed by atoms with Crippen LogP contribution < -0.4 is 31.9 Å². The van der Waals surface area contributed by atoms with E-state index in [1.807, 2.05) is 31.6 Å².